The number of ketones is 1. The van der Waals surface area contributed by atoms with Gasteiger partial charge in [0.2, 0.25) is 5.91 Å². The van der Waals surface area contributed by atoms with E-state index in [1.54, 1.807) is 0 Å². The van der Waals surface area contributed by atoms with Crippen LogP contribution in [0.5, 0.6) is 0 Å². The number of Topliss-reactive ketones (excluding diaryl/α,β-unsaturated/α-hetero) is 1. The van der Waals surface area contributed by atoms with Crippen molar-refractivity contribution >= 4 is 19.8 Å². The molecule has 1 spiro atoms. The predicted molar refractivity (Wildman–Crippen MR) is 82.2 cm³/mol. The predicted octanol–water partition coefficient (Wildman–Crippen LogP) is 2.79. The number of hydrogen-bond donors (Lipinski definition) is 0. The third kappa shape index (κ3) is 1.83. The highest BCUT2D eigenvalue weighted by molar-refractivity contribution is 6.76. The first-order valence-electron chi connectivity index (χ1n) is 8.06. The standard InChI is InChI=1S/C16H27NO2Si/c1-17-9-7-12-11(10-20(2,3)4)14-13(18)6-5-8-16(12,14)15(17)19/h11-12,14H,5-10H2,1-4H3/t11-,12-,14+,16-/m1/s1. The summed E-state index contributed by atoms with van der Waals surface area (Å²) < 4.78 is 0. The molecule has 0 aromatic carbocycles. The van der Waals surface area contributed by atoms with Gasteiger partial charge in [-0.1, -0.05) is 25.7 Å². The van der Waals surface area contributed by atoms with Gasteiger partial charge in [0.15, 0.2) is 0 Å². The summed E-state index contributed by atoms with van der Waals surface area (Å²) >= 11 is 0. The fourth-order valence-electron chi connectivity index (χ4n) is 5.31. The molecule has 3 aliphatic rings. The largest absolute Gasteiger partial charge is 0.345 e. The minimum atomic E-state index is -1.19. The average molecular weight is 293 g/mol. The molecular weight excluding hydrogens is 266 g/mol. The molecule has 2 aliphatic carbocycles. The zero-order chi connectivity index (χ0) is 14.7. The quantitative estimate of drug-likeness (QED) is 0.734. The Balaban J connectivity index is 1.94. The summed E-state index contributed by atoms with van der Waals surface area (Å²) in [5, 5.41) is 0. The van der Waals surface area contributed by atoms with Gasteiger partial charge in [0.05, 0.1) is 5.41 Å². The van der Waals surface area contributed by atoms with Gasteiger partial charge in [-0.15, -0.1) is 0 Å². The Morgan fingerprint density at radius 2 is 2.00 bits per heavy atom. The van der Waals surface area contributed by atoms with Crippen molar-refractivity contribution in [3.05, 3.63) is 0 Å². The molecule has 3 fully saturated rings. The molecule has 0 aromatic heterocycles. The SMILES string of the molecule is CN1CC[C@@H]2[C@@H](C[Si](C)(C)C)[C@H]3C(=O)CCC[C@@]23C1=O. The van der Waals surface area contributed by atoms with Crippen LogP contribution in [0.4, 0.5) is 0 Å². The smallest absolute Gasteiger partial charge is 0.229 e. The van der Waals surface area contributed by atoms with E-state index in [-0.39, 0.29) is 17.2 Å². The molecule has 1 amide bonds. The van der Waals surface area contributed by atoms with Crippen LogP contribution < -0.4 is 0 Å². The molecule has 3 rings (SSSR count). The number of carbonyl (C=O) groups excluding carboxylic acids is 2. The third-order valence-electron chi connectivity index (χ3n) is 5.89. The average Bonchev–Trinajstić information content (AvgIpc) is 2.32. The molecule has 2 saturated carbocycles. The Morgan fingerprint density at radius 1 is 1.30 bits per heavy atom. The van der Waals surface area contributed by atoms with Crippen LogP contribution in [0.25, 0.3) is 0 Å². The maximum Gasteiger partial charge on any atom is 0.229 e. The lowest BCUT2D eigenvalue weighted by molar-refractivity contribution is -0.199. The number of hydrogen-bond acceptors (Lipinski definition) is 2. The van der Waals surface area contributed by atoms with Crippen molar-refractivity contribution in [2.45, 2.75) is 51.4 Å². The summed E-state index contributed by atoms with van der Waals surface area (Å²) in [6, 6.07) is 1.22. The second-order valence-corrected chi connectivity index (χ2v) is 13.9. The van der Waals surface area contributed by atoms with E-state index in [2.05, 4.69) is 19.6 Å². The summed E-state index contributed by atoms with van der Waals surface area (Å²) in [6.45, 7) is 8.04. The van der Waals surface area contributed by atoms with Crippen LogP contribution in [0.3, 0.4) is 0 Å². The Labute approximate surface area is 123 Å². The zero-order valence-electron chi connectivity index (χ0n) is 13.2. The van der Waals surface area contributed by atoms with Gasteiger partial charge in [-0.2, -0.15) is 0 Å². The van der Waals surface area contributed by atoms with E-state index >= 15 is 0 Å². The van der Waals surface area contributed by atoms with Crippen LogP contribution in [-0.4, -0.2) is 38.3 Å². The highest BCUT2D eigenvalue weighted by Gasteiger charge is 2.70. The first kappa shape index (κ1) is 14.3. The summed E-state index contributed by atoms with van der Waals surface area (Å²) in [5.41, 5.74) is -0.285. The highest BCUT2D eigenvalue weighted by atomic mass is 28.3. The van der Waals surface area contributed by atoms with Gasteiger partial charge < -0.3 is 4.90 Å². The van der Waals surface area contributed by atoms with E-state index in [1.807, 2.05) is 11.9 Å². The third-order valence-corrected chi connectivity index (χ3v) is 7.59. The minimum Gasteiger partial charge on any atom is -0.345 e. The summed E-state index contributed by atoms with van der Waals surface area (Å²) in [5.74, 6) is 1.72. The van der Waals surface area contributed by atoms with Crippen LogP contribution in [0.1, 0.15) is 25.7 Å². The molecule has 3 nitrogen and oxygen atoms in total. The molecule has 0 N–H and O–H groups in total. The first-order valence-corrected chi connectivity index (χ1v) is 11.8. The molecule has 0 unspecified atom stereocenters. The monoisotopic (exact) mass is 293 g/mol. The van der Waals surface area contributed by atoms with Crippen LogP contribution in [0.15, 0.2) is 0 Å². The van der Waals surface area contributed by atoms with Crippen molar-refractivity contribution in [1.82, 2.24) is 4.90 Å². The summed E-state index contributed by atoms with van der Waals surface area (Å²) in [7, 11) is 0.720. The number of rotatable bonds is 2. The molecular formula is C16H27NO2Si. The van der Waals surface area contributed by atoms with Crippen molar-refractivity contribution in [3.8, 4) is 0 Å². The van der Waals surface area contributed by atoms with E-state index in [0.717, 1.165) is 25.8 Å². The molecule has 4 heteroatoms. The van der Waals surface area contributed by atoms with Gasteiger partial charge in [-0.05, 0) is 31.1 Å². The van der Waals surface area contributed by atoms with Gasteiger partial charge in [-0.25, -0.2) is 0 Å². The summed E-state index contributed by atoms with van der Waals surface area (Å²) in [4.78, 5) is 27.2. The lowest BCUT2D eigenvalue weighted by atomic mass is 9.40. The lowest BCUT2D eigenvalue weighted by Crippen LogP contribution is -2.71. The van der Waals surface area contributed by atoms with Crippen molar-refractivity contribution in [2.24, 2.45) is 23.2 Å². The number of nitrogens with zero attached hydrogens (tertiary/aromatic N) is 1. The van der Waals surface area contributed by atoms with Gasteiger partial charge in [0.25, 0.3) is 0 Å². The Bertz CT molecular complexity index is 456. The lowest BCUT2D eigenvalue weighted by Gasteiger charge is -2.65. The molecule has 4 atom stereocenters. The Kier molecular flexibility index (Phi) is 3.16. The Hall–Kier alpha value is -0.643. The molecule has 1 aliphatic heterocycles. The minimum absolute atomic E-state index is 0.0585. The van der Waals surface area contributed by atoms with E-state index in [1.165, 1.54) is 6.04 Å². The van der Waals surface area contributed by atoms with E-state index < -0.39 is 8.07 Å². The number of carbonyl (C=O) groups is 2. The van der Waals surface area contributed by atoms with E-state index in [0.29, 0.717) is 24.0 Å². The molecule has 112 valence electrons. The Morgan fingerprint density at radius 3 is 2.65 bits per heavy atom. The zero-order valence-corrected chi connectivity index (χ0v) is 14.2. The molecule has 1 heterocycles. The van der Waals surface area contributed by atoms with Crippen LogP contribution in [0, 0.1) is 23.2 Å². The van der Waals surface area contributed by atoms with Gasteiger partial charge in [0.1, 0.15) is 5.78 Å². The van der Waals surface area contributed by atoms with Gasteiger partial charge >= 0.3 is 0 Å². The number of likely N-dealkylation sites (tertiary alicyclic amines) is 1. The number of piperidine rings is 1. The van der Waals surface area contributed by atoms with Gasteiger partial charge in [0, 0.05) is 34.0 Å². The van der Waals surface area contributed by atoms with Crippen LogP contribution in [-0.2, 0) is 9.59 Å². The summed E-state index contributed by atoms with van der Waals surface area (Å²) in [6.07, 6.45) is 3.70. The number of amides is 1. The second kappa shape index (κ2) is 4.42. The maximum absolute atomic E-state index is 12.8. The molecule has 1 saturated heterocycles. The molecule has 0 radical (unpaired) electrons. The first-order chi connectivity index (χ1) is 9.27. The second-order valence-electron chi connectivity index (χ2n) is 8.39. The van der Waals surface area contributed by atoms with Crippen molar-refractivity contribution < 1.29 is 9.59 Å². The van der Waals surface area contributed by atoms with Crippen molar-refractivity contribution in [3.63, 3.8) is 0 Å². The molecule has 0 bridgehead atoms. The molecule has 20 heavy (non-hydrogen) atoms. The van der Waals surface area contributed by atoms with E-state index in [4.69, 9.17) is 0 Å². The molecule has 0 aromatic rings. The van der Waals surface area contributed by atoms with Crippen LogP contribution in [0.2, 0.25) is 25.7 Å². The normalized spacial score (nSPS) is 41.0. The van der Waals surface area contributed by atoms with Crippen molar-refractivity contribution in [1.29, 1.82) is 0 Å². The topological polar surface area (TPSA) is 37.4 Å². The van der Waals surface area contributed by atoms with E-state index in [9.17, 15) is 9.59 Å². The van der Waals surface area contributed by atoms with Crippen LogP contribution >= 0.6 is 0 Å². The van der Waals surface area contributed by atoms with Gasteiger partial charge in [-0.3, -0.25) is 9.59 Å². The fraction of sp³-hybridized carbons (Fsp3) is 0.875. The highest BCUT2D eigenvalue weighted by Crippen LogP contribution is 2.66. The maximum atomic E-state index is 12.8. The van der Waals surface area contributed by atoms with Crippen molar-refractivity contribution in [2.75, 3.05) is 13.6 Å². The fourth-order valence-corrected chi connectivity index (χ4v) is 7.25.